The second kappa shape index (κ2) is 7.47. The number of hydrogen-bond acceptors (Lipinski definition) is 2. The third kappa shape index (κ3) is 3.65. The average Bonchev–Trinajstić information content (AvgIpc) is 2.88. The van der Waals surface area contributed by atoms with Gasteiger partial charge in [0, 0.05) is 37.8 Å². The van der Waals surface area contributed by atoms with Gasteiger partial charge in [-0.25, -0.2) is 8.78 Å². The molecule has 3 fully saturated rings. The monoisotopic (exact) mass is 413 g/mol. The molecule has 30 heavy (non-hydrogen) atoms. The van der Waals surface area contributed by atoms with E-state index >= 15 is 0 Å². The normalized spacial score (nSPS) is 25.8. The highest BCUT2D eigenvalue weighted by atomic mass is 19.3. The number of nitrogens with zero attached hydrogens (tertiary/aromatic N) is 2. The van der Waals surface area contributed by atoms with Crippen LogP contribution < -0.4 is 5.32 Å². The van der Waals surface area contributed by atoms with Crippen LogP contribution in [0.2, 0.25) is 0 Å². The Morgan fingerprint density at radius 3 is 2.43 bits per heavy atom. The largest absolute Gasteiger partial charge is 0.311 e. The molecule has 5 rings (SSSR count). The van der Waals surface area contributed by atoms with Gasteiger partial charge >= 0.3 is 0 Å². The molecule has 3 saturated carbocycles. The number of nitrogens with one attached hydrogen (secondary N) is 1. The molecule has 1 amide bonds. The summed E-state index contributed by atoms with van der Waals surface area (Å²) in [6.07, 6.45) is 5.47. The van der Waals surface area contributed by atoms with E-state index in [1.54, 1.807) is 4.68 Å². The molecule has 1 N–H and O–H groups in total. The molecule has 0 bridgehead atoms. The van der Waals surface area contributed by atoms with Gasteiger partial charge in [0.1, 0.15) is 5.82 Å². The molecule has 6 heteroatoms. The number of rotatable bonds is 6. The maximum atomic E-state index is 13.1. The molecule has 1 aromatic carbocycles. The first-order valence-electron chi connectivity index (χ1n) is 11.2. The molecule has 1 aromatic heterocycles. The Labute approximate surface area is 176 Å². The van der Waals surface area contributed by atoms with Crippen molar-refractivity contribution in [3.8, 4) is 0 Å². The number of hydrogen-bond donors (Lipinski definition) is 1. The van der Waals surface area contributed by atoms with Crippen molar-refractivity contribution in [2.45, 2.75) is 75.0 Å². The zero-order chi connectivity index (χ0) is 20.9. The standard InChI is InChI=1S/C24H29F2N3O/c1-29-23(27-20(30)10-15-13-24(25,26)14-15)21(17-8-5-9-17)22(28-29)19-11-18(12-19)16-6-3-2-4-7-16/h2-4,6-7,15,17-19H,5,8-14H2,1H3,(H,27,30)/t18-,19+. The second-order valence-electron chi connectivity index (χ2n) is 9.56. The van der Waals surface area contributed by atoms with Gasteiger partial charge in [-0.1, -0.05) is 36.8 Å². The van der Waals surface area contributed by atoms with Crippen molar-refractivity contribution in [3.05, 3.63) is 47.2 Å². The van der Waals surface area contributed by atoms with Crippen LogP contribution in [-0.4, -0.2) is 21.6 Å². The van der Waals surface area contributed by atoms with E-state index in [2.05, 4.69) is 29.6 Å². The van der Waals surface area contributed by atoms with E-state index in [4.69, 9.17) is 5.10 Å². The number of anilines is 1. The van der Waals surface area contributed by atoms with Crippen LogP contribution in [0.4, 0.5) is 14.6 Å². The quantitative estimate of drug-likeness (QED) is 0.658. The third-order valence-corrected chi connectivity index (χ3v) is 7.33. The smallest absolute Gasteiger partial charge is 0.248 e. The SMILES string of the molecule is Cn1nc([C@H]2C[C@@H](c3ccccc3)C2)c(C2CCC2)c1NC(=O)CC1CC(F)(F)C1. The molecule has 1 heterocycles. The maximum absolute atomic E-state index is 13.1. The highest BCUT2D eigenvalue weighted by Crippen LogP contribution is 2.52. The van der Waals surface area contributed by atoms with Crippen LogP contribution in [-0.2, 0) is 11.8 Å². The topological polar surface area (TPSA) is 46.9 Å². The van der Waals surface area contributed by atoms with Crippen LogP contribution in [0.3, 0.4) is 0 Å². The zero-order valence-electron chi connectivity index (χ0n) is 17.4. The van der Waals surface area contributed by atoms with Crippen LogP contribution in [0.25, 0.3) is 0 Å². The molecule has 4 nitrogen and oxygen atoms in total. The molecule has 3 aliphatic carbocycles. The summed E-state index contributed by atoms with van der Waals surface area (Å²) in [5.41, 5.74) is 3.73. The number of halogens is 2. The molecule has 0 unspecified atom stereocenters. The van der Waals surface area contributed by atoms with Crippen LogP contribution >= 0.6 is 0 Å². The summed E-state index contributed by atoms with van der Waals surface area (Å²) >= 11 is 0. The van der Waals surface area contributed by atoms with E-state index in [0.717, 1.165) is 37.2 Å². The summed E-state index contributed by atoms with van der Waals surface area (Å²) in [6, 6.07) is 10.6. The van der Waals surface area contributed by atoms with Crippen molar-refractivity contribution in [2.75, 3.05) is 5.32 Å². The lowest BCUT2D eigenvalue weighted by molar-refractivity contribution is -0.129. The van der Waals surface area contributed by atoms with Crippen molar-refractivity contribution >= 4 is 11.7 Å². The number of benzene rings is 1. The highest BCUT2D eigenvalue weighted by molar-refractivity contribution is 5.91. The Morgan fingerprint density at radius 2 is 1.83 bits per heavy atom. The predicted octanol–water partition coefficient (Wildman–Crippen LogP) is 5.72. The molecule has 0 radical (unpaired) electrons. The minimum Gasteiger partial charge on any atom is -0.311 e. The molecule has 2 aromatic rings. The second-order valence-corrected chi connectivity index (χ2v) is 9.56. The summed E-state index contributed by atoms with van der Waals surface area (Å²) in [5, 5.41) is 7.87. The fourth-order valence-electron chi connectivity index (χ4n) is 5.32. The summed E-state index contributed by atoms with van der Waals surface area (Å²) in [4.78, 5) is 12.6. The fraction of sp³-hybridized carbons (Fsp3) is 0.583. The molecule has 0 spiro atoms. The van der Waals surface area contributed by atoms with Crippen LogP contribution in [0.1, 0.15) is 85.9 Å². The number of alkyl halides is 2. The zero-order valence-corrected chi connectivity index (χ0v) is 17.4. The van der Waals surface area contributed by atoms with Crippen molar-refractivity contribution in [3.63, 3.8) is 0 Å². The molecule has 0 atom stereocenters. The van der Waals surface area contributed by atoms with Crippen molar-refractivity contribution < 1.29 is 13.6 Å². The van der Waals surface area contributed by atoms with Gasteiger partial charge in [0.25, 0.3) is 0 Å². The number of aryl methyl sites for hydroxylation is 1. The van der Waals surface area contributed by atoms with Gasteiger partial charge in [-0.3, -0.25) is 9.48 Å². The third-order valence-electron chi connectivity index (χ3n) is 7.33. The molecular formula is C24H29F2N3O. The lowest BCUT2D eigenvalue weighted by atomic mass is 9.67. The summed E-state index contributed by atoms with van der Waals surface area (Å²) in [6.45, 7) is 0. The Hall–Kier alpha value is -2.24. The first-order valence-corrected chi connectivity index (χ1v) is 11.2. The molecule has 0 saturated heterocycles. The van der Waals surface area contributed by atoms with Gasteiger partial charge in [-0.05, 0) is 49.0 Å². The van der Waals surface area contributed by atoms with E-state index in [9.17, 15) is 13.6 Å². The van der Waals surface area contributed by atoms with Crippen molar-refractivity contribution in [1.29, 1.82) is 0 Å². The average molecular weight is 414 g/mol. The van der Waals surface area contributed by atoms with E-state index in [0.29, 0.717) is 17.8 Å². The Balaban J connectivity index is 1.30. The van der Waals surface area contributed by atoms with E-state index in [1.165, 1.54) is 17.5 Å². The van der Waals surface area contributed by atoms with Crippen LogP contribution in [0, 0.1) is 5.92 Å². The lowest BCUT2D eigenvalue weighted by Gasteiger charge is -2.37. The molecule has 3 aliphatic rings. The molecule has 0 aliphatic heterocycles. The van der Waals surface area contributed by atoms with Gasteiger partial charge in [0.15, 0.2) is 0 Å². The minimum absolute atomic E-state index is 0.165. The van der Waals surface area contributed by atoms with Gasteiger partial charge < -0.3 is 5.32 Å². The van der Waals surface area contributed by atoms with Crippen LogP contribution in [0.5, 0.6) is 0 Å². The van der Waals surface area contributed by atoms with E-state index in [1.807, 2.05) is 13.1 Å². The number of amides is 1. The maximum Gasteiger partial charge on any atom is 0.248 e. The van der Waals surface area contributed by atoms with Gasteiger partial charge in [-0.15, -0.1) is 0 Å². The van der Waals surface area contributed by atoms with Crippen molar-refractivity contribution in [1.82, 2.24) is 9.78 Å². The van der Waals surface area contributed by atoms with Gasteiger partial charge in [0.2, 0.25) is 11.8 Å². The first-order chi connectivity index (χ1) is 14.4. The minimum atomic E-state index is -2.58. The number of aromatic nitrogens is 2. The number of carbonyl (C=O) groups is 1. The highest BCUT2D eigenvalue weighted by Gasteiger charge is 2.46. The summed E-state index contributed by atoms with van der Waals surface area (Å²) in [5.74, 6) is -0.721. The van der Waals surface area contributed by atoms with Crippen LogP contribution in [0.15, 0.2) is 30.3 Å². The summed E-state index contributed by atoms with van der Waals surface area (Å²) in [7, 11) is 1.88. The lowest BCUT2D eigenvalue weighted by Crippen LogP contribution is -2.37. The molecular weight excluding hydrogens is 384 g/mol. The van der Waals surface area contributed by atoms with Gasteiger partial charge in [-0.2, -0.15) is 5.10 Å². The first kappa shape index (κ1) is 19.7. The Morgan fingerprint density at radius 1 is 1.13 bits per heavy atom. The van der Waals surface area contributed by atoms with E-state index in [-0.39, 0.29) is 31.1 Å². The Bertz CT molecular complexity index is 921. The Kier molecular flexibility index (Phi) is 4.91. The van der Waals surface area contributed by atoms with Gasteiger partial charge in [0.05, 0.1) is 5.69 Å². The fourth-order valence-corrected chi connectivity index (χ4v) is 5.32. The number of carbonyl (C=O) groups excluding carboxylic acids is 1. The van der Waals surface area contributed by atoms with Crippen molar-refractivity contribution in [2.24, 2.45) is 13.0 Å². The molecule has 160 valence electrons. The predicted molar refractivity (Wildman–Crippen MR) is 112 cm³/mol. The van der Waals surface area contributed by atoms with E-state index < -0.39 is 5.92 Å². The summed E-state index contributed by atoms with van der Waals surface area (Å²) < 4.78 is 28.0.